The maximum atomic E-state index is 12.2. The van der Waals surface area contributed by atoms with Crippen LogP contribution in [0.5, 0.6) is 0 Å². The summed E-state index contributed by atoms with van der Waals surface area (Å²) >= 11 is 0. The molecule has 1 atom stereocenters. The number of carbonyl (C=O) groups is 1. The van der Waals surface area contributed by atoms with Crippen LogP contribution in [0.4, 0.5) is 16.2 Å². The number of anilines is 2. The molecule has 2 amide bonds. The largest absolute Gasteiger partial charge is 0.370 e. The van der Waals surface area contributed by atoms with Crippen LogP contribution in [0.3, 0.4) is 0 Å². The lowest BCUT2D eigenvalue weighted by Crippen LogP contribution is -2.41. The maximum Gasteiger partial charge on any atom is 0.319 e. The highest BCUT2D eigenvalue weighted by molar-refractivity contribution is 5.90. The normalized spacial score (nSPS) is 11.7. The molecule has 0 radical (unpaired) electrons. The minimum Gasteiger partial charge on any atom is -0.370 e. The van der Waals surface area contributed by atoms with Crippen molar-refractivity contribution in [2.45, 2.75) is 19.9 Å². The van der Waals surface area contributed by atoms with E-state index in [2.05, 4.69) is 32.6 Å². The van der Waals surface area contributed by atoms with Gasteiger partial charge in [-0.2, -0.15) is 4.98 Å². The SMILES string of the molecule is Cc1nc(-c2cccc(NC(=O)NC[C@H](C)N(C)c3ccccc3)c2)no1. The van der Waals surface area contributed by atoms with E-state index in [9.17, 15) is 4.79 Å². The van der Waals surface area contributed by atoms with Gasteiger partial charge in [-0.05, 0) is 31.2 Å². The molecule has 1 aromatic heterocycles. The molecule has 0 bridgehead atoms. The Bertz CT molecular complexity index is 894. The number of hydrogen-bond donors (Lipinski definition) is 2. The monoisotopic (exact) mass is 365 g/mol. The van der Waals surface area contributed by atoms with Gasteiger partial charge in [0.05, 0.1) is 0 Å². The molecule has 0 saturated carbocycles. The van der Waals surface area contributed by atoms with Crippen molar-refractivity contribution in [1.29, 1.82) is 0 Å². The summed E-state index contributed by atoms with van der Waals surface area (Å²) in [7, 11) is 2.01. The van der Waals surface area contributed by atoms with Crippen molar-refractivity contribution in [3.63, 3.8) is 0 Å². The van der Waals surface area contributed by atoms with E-state index in [4.69, 9.17) is 4.52 Å². The predicted molar refractivity (Wildman–Crippen MR) is 106 cm³/mol. The summed E-state index contributed by atoms with van der Waals surface area (Å²) in [6.07, 6.45) is 0. The minimum atomic E-state index is -0.259. The summed E-state index contributed by atoms with van der Waals surface area (Å²) in [6.45, 7) is 4.31. The number of nitrogens with one attached hydrogen (secondary N) is 2. The van der Waals surface area contributed by atoms with Crippen molar-refractivity contribution in [2.24, 2.45) is 0 Å². The highest BCUT2D eigenvalue weighted by Gasteiger charge is 2.12. The average Bonchev–Trinajstić information content (AvgIpc) is 3.13. The second-order valence-electron chi connectivity index (χ2n) is 6.35. The van der Waals surface area contributed by atoms with Crippen molar-refractivity contribution in [3.8, 4) is 11.4 Å². The van der Waals surface area contributed by atoms with Gasteiger partial charge < -0.3 is 20.1 Å². The van der Waals surface area contributed by atoms with Crippen LogP contribution < -0.4 is 15.5 Å². The zero-order valence-electron chi connectivity index (χ0n) is 15.6. The molecular weight excluding hydrogens is 342 g/mol. The summed E-state index contributed by atoms with van der Waals surface area (Å²) in [5.41, 5.74) is 2.55. The van der Waals surface area contributed by atoms with Gasteiger partial charge in [0.2, 0.25) is 11.7 Å². The Labute approximate surface area is 158 Å². The van der Waals surface area contributed by atoms with Crippen LogP contribution in [-0.4, -0.2) is 35.8 Å². The smallest absolute Gasteiger partial charge is 0.319 e. The maximum absolute atomic E-state index is 12.2. The molecule has 0 fully saturated rings. The van der Waals surface area contributed by atoms with Crippen molar-refractivity contribution >= 4 is 17.4 Å². The Morgan fingerprint density at radius 1 is 1.19 bits per heavy atom. The lowest BCUT2D eigenvalue weighted by Gasteiger charge is -2.27. The molecule has 140 valence electrons. The van der Waals surface area contributed by atoms with Crippen LogP contribution in [-0.2, 0) is 0 Å². The molecule has 0 unspecified atom stereocenters. The van der Waals surface area contributed by atoms with Gasteiger partial charge in [0.1, 0.15) is 0 Å². The van der Waals surface area contributed by atoms with Crippen molar-refractivity contribution in [3.05, 3.63) is 60.5 Å². The molecule has 7 heteroatoms. The molecule has 2 aromatic carbocycles. The summed E-state index contributed by atoms with van der Waals surface area (Å²) < 4.78 is 5.00. The van der Waals surface area contributed by atoms with Crippen LogP contribution in [0.25, 0.3) is 11.4 Å². The number of urea groups is 1. The molecule has 0 aliphatic carbocycles. The van der Waals surface area contributed by atoms with E-state index in [1.54, 1.807) is 6.92 Å². The van der Waals surface area contributed by atoms with Gasteiger partial charge in [-0.15, -0.1) is 0 Å². The molecule has 3 aromatic rings. The zero-order chi connectivity index (χ0) is 19.2. The lowest BCUT2D eigenvalue weighted by molar-refractivity contribution is 0.251. The Morgan fingerprint density at radius 3 is 2.67 bits per heavy atom. The number of rotatable bonds is 6. The van der Waals surface area contributed by atoms with E-state index >= 15 is 0 Å². The first kappa shape index (κ1) is 18.4. The van der Waals surface area contributed by atoms with Gasteiger partial charge in [0.25, 0.3) is 0 Å². The van der Waals surface area contributed by atoms with Crippen molar-refractivity contribution < 1.29 is 9.32 Å². The highest BCUT2D eigenvalue weighted by atomic mass is 16.5. The fourth-order valence-electron chi connectivity index (χ4n) is 2.62. The minimum absolute atomic E-state index is 0.145. The highest BCUT2D eigenvalue weighted by Crippen LogP contribution is 2.20. The van der Waals surface area contributed by atoms with Crippen LogP contribution >= 0.6 is 0 Å². The number of aromatic nitrogens is 2. The second-order valence-corrected chi connectivity index (χ2v) is 6.35. The zero-order valence-corrected chi connectivity index (χ0v) is 15.6. The molecule has 0 spiro atoms. The van der Waals surface area contributed by atoms with Gasteiger partial charge in [0.15, 0.2) is 0 Å². The molecule has 27 heavy (non-hydrogen) atoms. The van der Waals surface area contributed by atoms with Crippen LogP contribution in [0.1, 0.15) is 12.8 Å². The molecule has 1 heterocycles. The predicted octanol–water partition coefficient (Wildman–Crippen LogP) is 3.69. The number of likely N-dealkylation sites (N-methyl/N-ethyl adjacent to an activating group) is 1. The summed E-state index contributed by atoms with van der Waals surface area (Å²) in [6, 6.07) is 17.3. The van der Waals surface area contributed by atoms with Gasteiger partial charge in [-0.1, -0.05) is 35.5 Å². The van der Waals surface area contributed by atoms with E-state index in [-0.39, 0.29) is 12.1 Å². The number of amides is 2. The first-order chi connectivity index (χ1) is 13.0. The summed E-state index contributed by atoms with van der Waals surface area (Å²) in [5.74, 6) is 0.993. The lowest BCUT2D eigenvalue weighted by atomic mass is 10.2. The number of nitrogens with zero attached hydrogens (tertiary/aromatic N) is 3. The van der Waals surface area contributed by atoms with Crippen LogP contribution in [0.2, 0.25) is 0 Å². The molecule has 2 N–H and O–H groups in total. The van der Waals surface area contributed by atoms with Crippen molar-refractivity contribution in [2.75, 3.05) is 23.8 Å². The standard InChI is InChI=1S/C20H23N5O2/c1-14(25(3)18-10-5-4-6-11-18)13-21-20(26)23-17-9-7-8-16(12-17)19-22-15(2)27-24-19/h4-12,14H,13H2,1-3H3,(H2,21,23,26)/t14-/m0/s1. The first-order valence-corrected chi connectivity index (χ1v) is 8.76. The van der Waals surface area contributed by atoms with Gasteiger partial charge in [-0.25, -0.2) is 4.79 Å². The number of para-hydroxylation sites is 1. The van der Waals surface area contributed by atoms with Crippen molar-refractivity contribution in [1.82, 2.24) is 15.5 Å². The fraction of sp³-hybridized carbons (Fsp3) is 0.250. The van der Waals surface area contributed by atoms with E-state index < -0.39 is 0 Å². The Kier molecular flexibility index (Phi) is 5.71. The molecular formula is C20H23N5O2. The number of aryl methyl sites for hydroxylation is 1. The third-order valence-electron chi connectivity index (χ3n) is 4.29. The summed E-state index contributed by atoms with van der Waals surface area (Å²) in [4.78, 5) is 18.6. The average molecular weight is 365 g/mol. The molecule has 0 saturated heterocycles. The molecule has 0 aliphatic rings. The summed E-state index contributed by atoms with van der Waals surface area (Å²) in [5, 5.41) is 9.64. The van der Waals surface area contributed by atoms with Gasteiger partial charge >= 0.3 is 6.03 Å². The molecule has 0 aliphatic heterocycles. The first-order valence-electron chi connectivity index (χ1n) is 8.76. The van der Waals surface area contributed by atoms with Gasteiger partial charge in [0, 0.05) is 43.5 Å². The van der Waals surface area contributed by atoms with E-state index in [0.717, 1.165) is 11.3 Å². The van der Waals surface area contributed by atoms with Crippen LogP contribution in [0, 0.1) is 6.92 Å². The quantitative estimate of drug-likeness (QED) is 0.696. The Balaban J connectivity index is 1.55. The topological polar surface area (TPSA) is 83.3 Å². The third-order valence-corrected chi connectivity index (χ3v) is 4.29. The van der Waals surface area contributed by atoms with Crippen LogP contribution in [0.15, 0.2) is 59.1 Å². The molecule has 3 rings (SSSR count). The fourth-order valence-corrected chi connectivity index (χ4v) is 2.62. The number of carbonyl (C=O) groups excluding carboxylic acids is 1. The number of hydrogen-bond acceptors (Lipinski definition) is 5. The van der Waals surface area contributed by atoms with Gasteiger partial charge in [-0.3, -0.25) is 0 Å². The number of benzene rings is 2. The van der Waals surface area contributed by atoms with E-state index in [0.29, 0.717) is 23.9 Å². The van der Waals surface area contributed by atoms with E-state index in [1.165, 1.54) is 0 Å². The molecule has 7 nitrogen and oxygen atoms in total. The third kappa shape index (κ3) is 4.84. The Morgan fingerprint density at radius 2 is 1.96 bits per heavy atom. The Hall–Kier alpha value is -3.35. The second kappa shape index (κ2) is 8.35. The van der Waals surface area contributed by atoms with E-state index in [1.807, 2.05) is 61.6 Å².